The van der Waals surface area contributed by atoms with Gasteiger partial charge in [-0.2, -0.15) is 4.98 Å². The average molecular weight is 752 g/mol. The quantitative estimate of drug-likeness (QED) is 0.155. The van der Waals surface area contributed by atoms with Crippen LogP contribution in [0.15, 0.2) is 66.1 Å². The number of piperidine rings is 1. The van der Waals surface area contributed by atoms with Gasteiger partial charge in [0.25, 0.3) is 5.56 Å². The highest BCUT2D eigenvalue weighted by Crippen LogP contribution is 2.45. The lowest BCUT2D eigenvalue weighted by molar-refractivity contribution is -0.156. The summed E-state index contributed by atoms with van der Waals surface area (Å²) >= 11 is 0. The zero-order chi connectivity index (χ0) is 39.0. The van der Waals surface area contributed by atoms with Crippen molar-refractivity contribution < 1.29 is 14.6 Å². The van der Waals surface area contributed by atoms with Crippen molar-refractivity contribution >= 4 is 34.3 Å². The Bertz CT molecular complexity index is 2030. The van der Waals surface area contributed by atoms with E-state index in [9.17, 15) is 14.7 Å². The van der Waals surface area contributed by atoms with E-state index in [1.54, 1.807) is 49.0 Å². The Labute approximate surface area is 324 Å². The molecular weight excluding hydrogens is 695 g/mol. The van der Waals surface area contributed by atoms with Crippen LogP contribution >= 0.6 is 0 Å². The molecule has 3 fully saturated rings. The lowest BCUT2D eigenvalue weighted by atomic mass is 9.66. The number of aliphatic hydroxyl groups is 1. The maximum atomic E-state index is 13.4. The predicted octanol–water partition coefficient (Wildman–Crippen LogP) is 5.62. The van der Waals surface area contributed by atoms with E-state index >= 15 is 0 Å². The fraction of sp³-hybridized carbons (Fsp3) is 0.548. The monoisotopic (exact) mass is 751 g/mol. The van der Waals surface area contributed by atoms with Gasteiger partial charge in [0.1, 0.15) is 16.6 Å². The summed E-state index contributed by atoms with van der Waals surface area (Å²) in [5.74, 6) is 0.708. The van der Waals surface area contributed by atoms with Crippen LogP contribution < -0.4 is 15.8 Å². The highest BCUT2D eigenvalue weighted by Gasteiger charge is 2.40. The number of nitrogens with zero attached hydrogens (tertiary/aromatic N) is 8. The summed E-state index contributed by atoms with van der Waals surface area (Å²) < 4.78 is 8.73. The number of carbonyl (C=O) groups is 1. The number of pyridine rings is 1. The van der Waals surface area contributed by atoms with E-state index in [2.05, 4.69) is 48.7 Å². The predicted molar refractivity (Wildman–Crippen MR) is 216 cm³/mol. The molecule has 0 unspecified atom stereocenters. The van der Waals surface area contributed by atoms with Crippen molar-refractivity contribution in [1.29, 1.82) is 0 Å². The number of hydrogen-bond donors (Lipinski definition) is 2. The minimum atomic E-state index is -1.16. The van der Waals surface area contributed by atoms with Crippen molar-refractivity contribution in [2.45, 2.75) is 96.9 Å². The Balaban J connectivity index is 0.935. The molecule has 2 aliphatic heterocycles. The molecule has 0 bridgehead atoms. The third-order valence-corrected chi connectivity index (χ3v) is 11.6. The molecule has 1 aliphatic carbocycles. The van der Waals surface area contributed by atoms with E-state index in [1.807, 2.05) is 32.9 Å². The molecule has 1 spiro atoms. The highest BCUT2D eigenvalue weighted by atomic mass is 16.6. The number of piperazine rings is 1. The van der Waals surface area contributed by atoms with Crippen LogP contribution in [0.3, 0.4) is 0 Å². The fourth-order valence-corrected chi connectivity index (χ4v) is 8.54. The second kappa shape index (κ2) is 15.5. The normalized spacial score (nSPS) is 18.8. The molecule has 1 saturated carbocycles. The van der Waals surface area contributed by atoms with E-state index in [1.165, 1.54) is 48.9 Å². The van der Waals surface area contributed by atoms with Gasteiger partial charge in [-0.05, 0) is 128 Å². The summed E-state index contributed by atoms with van der Waals surface area (Å²) in [5, 5.41) is 14.3. The summed E-state index contributed by atoms with van der Waals surface area (Å²) in [6.45, 7) is 19.7. The van der Waals surface area contributed by atoms with Crippen LogP contribution in [0, 0.1) is 5.41 Å². The summed E-state index contributed by atoms with van der Waals surface area (Å²) in [7, 11) is 0. The molecule has 13 heteroatoms. The number of ether oxygens (including phenoxy) is 1. The van der Waals surface area contributed by atoms with Gasteiger partial charge in [-0.25, -0.2) is 19.3 Å². The molecule has 2 N–H and O–H groups in total. The third kappa shape index (κ3) is 8.79. The van der Waals surface area contributed by atoms with Gasteiger partial charge >= 0.3 is 5.97 Å². The summed E-state index contributed by atoms with van der Waals surface area (Å²) in [6.07, 6.45) is 10.7. The first-order chi connectivity index (χ1) is 26.2. The van der Waals surface area contributed by atoms with E-state index in [0.717, 1.165) is 45.0 Å². The van der Waals surface area contributed by atoms with Crippen molar-refractivity contribution in [3.63, 3.8) is 0 Å². The molecule has 3 aromatic heterocycles. The topological polar surface area (TPSA) is 134 Å². The van der Waals surface area contributed by atoms with Gasteiger partial charge in [-0.1, -0.05) is 12.1 Å². The zero-order valence-electron chi connectivity index (χ0n) is 33.1. The second-order valence-electron chi connectivity index (χ2n) is 17.1. The van der Waals surface area contributed by atoms with Crippen LogP contribution in [0.5, 0.6) is 0 Å². The van der Waals surface area contributed by atoms with E-state index < -0.39 is 11.2 Å². The molecule has 55 heavy (non-hydrogen) atoms. The summed E-state index contributed by atoms with van der Waals surface area (Å²) in [5.41, 5.74) is 1.52. The smallest absolute Gasteiger partial charge is 0.320 e. The minimum absolute atomic E-state index is 0.113. The number of fused-ring (bicyclic) bond motifs is 1. The lowest BCUT2D eigenvalue weighted by Crippen LogP contribution is -2.52. The Morgan fingerprint density at radius 2 is 1.65 bits per heavy atom. The molecule has 5 heterocycles. The molecule has 294 valence electrons. The van der Waals surface area contributed by atoms with Gasteiger partial charge in [-0.3, -0.25) is 19.4 Å². The van der Waals surface area contributed by atoms with Crippen LogP contribution in [-0.4, -0.2) is 103 Å². The Kier molecular flexibility index (Phi) is 10.9. The maximum absolute atomic E-state index is 13.4. The van der Waals surface area contributed by atoms with Gasteiger partial charge in [0, 0.05) is 49.8 Å². The first-order valence-electron chi connectivity index (χ1n) is 19.8. The molecule has 2 saturated heterocycles. The van der Waals surface area contributed by atoms with Crippen molar-refractivity contribution in [3.05, 3.63) is 77.4 Å². The van der Waals surface area contributed by atoms with Crippen molar-refractivity contribution in [3.8, 4) is 5.82 Å². The van der Waals surface area contributed by atoms with Crippen LogP contribution in [0.1, 0.15) is 78.8 Å². The Hall–Kier alpha value is -4.59. The maximum Gasteiger partial charge on any atom is 0.320 e. The number of carbonyl (C=O) groups excluding carboxylic acids is 1. The van der Waals surface area contributed by atoms with Crippen molar-refractivity contribution in [2.75, 3.05) is 56.0 Å². The SMILES string of the molecule is C=CCn1c(=O)c2cnc(Nc3ccc(N4CCN(C5CCC6(CC5)CCN(CC(=O)OC(C)(C)C)CC6)CC4)cc3)nc2n1-c1cccc(C(C)(C)O)n1. The van der Waals surface area contributed by atoms with Crippen molar-refractivity contribution in [2.24, 2.45) is 5.41 Å². The van der Waals surface area contributed by atoms with E-state index in [-0.39, 0.29) is 18.1 Å². The minimum Gasteiger partial charge on any atom is -0.459 e. The molecule has 7 rings (SSSR count). The molecular formula is C42H57N9O4. The molecule has 0 radical (unpaired) electrons. The molecule has 0 amide bonds. The average Bonchev–Trinajstić information content (AvgIpc) is 3.42. The van der Waals surface area contributed by atoms with E-state index in [4.69, 9.17) is 9.72 Å². The van der Waals surface area contributed by atoms with Crippen LogP contribution in [0.25, 0.3) is 16.9 Å². The number of aromatic nitrogens is 5. The third-order valence-electron chi connectivity index (χ3n) is 11.6. The van der Waals surface area contributed by atoms with Crippen LogP contribution in [0.2, 0.25) is 0 Å². The molecule has 0 atom stereocenters. The van der Waals surface area contributed by atoms with Gasteiger partial charge in [0.2, 0.25) is 5.95 Å². The standard InChI is InChI=1S/C42H57N9O4/c1-7-21-50-38(53)33-28-43-39(46-37(33)51(50)35-10-8-9-34(45-35)41(5,6)54)44-30-11-13-31(14-12-30)48-24-26-49(27-25-48)32-15-17-42(18-16-32)19-22-47(23-20-42)29-36(52)55-40(2,3)4/h7-14,28,32,54H,1,15-27,29H2,2-6H3,(H,43,44,46). The van der Waals surface area contributed by atoms with Gasteiger partial charge in [-0.15, -0.1) is 6.58 Å². The number of allylic oxidation sites excluding steroid dienone is 1. The lowest BCUT2D eigenvalue weighted by Gasteiger charge is -2.49. The molecule has 3 aliphatic rings. The number of rotatable bonds is 10. The van der Waals surface area contributed by atoms with Gasteiger partial charge < -0.3 is 20.1 Å². The largest absolute Gasteiger partial charge is 0.459 e. The summed E-state index contributed by atoms with van der Waals surface area (Å²) in [4.78, 5) is 47.1. The number of esters is 1. The highest BCUT2D eigenvalue weighted by molar-refractivity contribution is 5.77. The van der Waals surface area contributed by atoms with Gasteiger partial charge in [0.05, 0.1) is 18.8 Å². The Morgan fingerprint density at radius 3 is 2.29 bits per heavy atom. The van der Waals surface area contributed by atoms with Gasteiger partial charge in [0.15, 0.2) is 11.5 Å². The molecule has 1 aromatic carbocycles. The number of hydrogen-bond acceptors (Lipinski definition) is 11. The number of nitrogens with one attached hydrogen (secondary N) is 1. The molecule has 13 nitrogen and oxygen atoms in total. The van der Waals surface area contributed by atoms with Crippen molar-refractivity contribution in [1.82, 2.24) is 34.1 Å². The van der Waals surface area contributed by atoms with Crippen LogP contribution in [-0.2, 0) is 21.7 Å². The molecule has 4 aromatic rings. The first kappa shape index (κ1) is 38.7. The number of anilines is 3. The fourth-order valence-electron chi connectivity index (χ4n) is 8.54. The number of likely N-dealkylation sites (tertiary alicyclic amines) is 1. The number of benzene rings is 1. The second-order valence-corrected chi connectivity index (χ2v) is 17.1. The van der Waals surface area contributed by atoms with Crippen LogP contribution in [0.4, 0.5) is 17.3 Å². The van der Waals surface area contributed by atoms with E-state index in [0.29, 0.717) is 46.5 Å². The first-order valence-corrected chi connectivity index (χ1v) is 19.8. The summed E-state index contributed by atoms with van der Waals surface area (Å²) in [6, 6.07) is 14.4. The zero-order valence-corrected chi connectivity index (χ0v) is 33.1. The Morgan fingerprint density at radius 1 is 0.964 bits per heavy atom.